The Morgan fingerprint density at radius 2 is 1.93 bits per heavy atom. The quantitative estimate of drug-likeness (QED) is 0.782. The summed E-state index contributed by atoms with van der Waals surface area (Å²) >= 11 is 0. The van der Waals surface area contributed by atoms with Crippen LogP contribution in [0.1, 0.15) is 11.7 Å². The Morgan fingerprint density at radius 1 is 1.33 bits per heavy atom. The van der Waals surface area contributed by atoms with E-state index in [-0.39, 0.29) is 5.75 Å². The normalized spacial score (nSPS) is 13.7. The second-order valence-electron chi connectivity index (χ2n) is 2.84. The lowest BCUT2D eigenvalue weighted by atomic mass is 10.1. The minimum absolute atomic E-state index is 0.337. The molecule has 0 bridgehead atoms. The Kier molecular flexibility index (Phi) is 3.18. The van der Waals surface area contributed by atoms with Crippen LogP contribution in [0.5, 0.6) is 5.75 Å². The van der Waals surface area contributed by atoms with Gasteiger partial charge >= 0.3 is 6.18 Å². The third-order valence-electron chi connectivity index (χ3n) is 1.80. The first kappa shape index (κ1) is 11.8. The molecule has 1 rings (SSSR count). The van der Waals surface area contributed by atoms with Crippen LogP contribution in [0.3, 0.4) is 0 Å². The monoisotopic (exact) mass is 224 g/mol. The van der Waals surface area contributed by atoms with Crippen LogP contribution in [-0.4, -0.2) is 18.4 Å². The van der Waals surface area contributed by atoms with E-state index in [9.17, 15) is 17.6 Å². The summed E-state index contributed by atoms with van der Waals surface area (Å²) in [4.78, 5) is 0. The van der Waals surface area contributed by atoms with Gasteiger partial charge in [-0.15, -0.1) is 0 Å². The Labute approximate surface area is 83.1 Å². The van der Waals surface area contributed by atoms with Gasteiger partial charge in [-0.25, -0.2) is 4.39 Å². The molecule has 1 aromatic carbocycles. The summed E-state index contributed by atoms with van der Waals surface area (Å²) in [6.07, 6.45) is -7.41. The second-order valence-corrected chi connectivity index (χ2v) is 2.84. The van der Waals surface area contributed by atoms with Crippen molar-refractivity contribution in [1.29, 1.82) is 0 Å². The smallest absolute Gasteiger partial charge is 0.418 e. The molecule has 0 radical (unpaired) electrons. The highest BCUT2D eigenvalue weighted by Crippen LogP contribution is 2.34. The van der Waals surface area contributed by atoms with Gasteiger partial charge in [0, 0.05) is 0 Å². The standard InChI is InChI=1S/C9H8F4O2/c1-15-7-4-5(2-3-6(7)10)8(14)9(11,12)13/h2-4,8,14H,1H3/t8-/m1/s1. The first-order chi connectivity index (χ1) is 6.86. The summed E-state index contributed by atoms with van der Waals surface area (Å²) in [5.74, 6) is -1.12. The molecule has 2 nitrogen and oxygen atoms in total. The number of alkyl halides is 3. The SMILES string of the molecule is COc1cc([C@@H](O)C(F)(F)F)ccc1F. The first-order valence-corrected chi connectivity index (χ1v) is 3.94. The van der Waals surface area contributed by atoms with E-state index in [4.69, 9.17) is 5.11 Å². The fourth-order valence-electron chi connectivity index (χ4n) is 1.04. The number of benzene rings is 1. The molecule has 1 N–H and O–H groups in total. The van der Waals surface area contributed by atoms with Crippen molar-refractivity contribution in [2.24, 2.45) is 0 Å². The Bertz CT molecular complexity index is 348. The number of halogens is 4. The van der Waals surface area contributed by atoms with Crippen molar-refractivity contribution in [3.63, 3.8) is 0 Å². The maximum Gasteiger partial charge on any atom is 0.418 e. The van der Waals surface area contributed by atoms with Crippen LogP contribution in [0.15, 0.2) is 18.2 Å². The minimum atomic E-state index is -4.77. The van der Waals surface area contributed by atoms with E-state index in [2.05, 4.69) is 4.74 Å². The predicted octanol–water partition coefficient (Wildman–Crippen LogP) is 2.43. The molecule has 1 aromatic rings. The van der Waals surface area contributed by atoms with Crippen LogP contribution in [0.2, 0.25) is 0 Å². The van der Waals surface area contributed by atoms with Crippen molar-refractivity contribution in [1.82, 2.24) is 0 Å². The lowest BCUT2D eigenvalue weighted by molar-refractivity contribution is -0.206. The fourth-order valence-corrected chi connectivity index (χ4v) is 1.04. The molecule has 0 fully saturated rings. The van der Waals surface area contributed by atoms with Gasteiger partial charge in [-0.1, -0.05) is 6.07 Å². The highest BCUT2D eigenvalue weighted by molar-refractivity contribution is 5.32. The maximum atomic E-state index is 12.8. The number of aliphatic hydroxyl groups is 1. The molecule has 1 atom stereocenters. The molecule has 0 spiro atoms. The largest absolute Gasteiger partial charge is 0.494 e. The summed E-state index contributed by atoms with van der Waals surface area (Å²) < 4.78 is 53.6. The molecule has 0 saturated heterocycles. The molecule has 0 amide bonds. The second kappa shape index (κ2) is 4.06. The van der Waals surface area contributed by atoms with E-state index in [1.165, 1.54) is 0 Å². The van der Waals surface area contributed by atoms with Crippen molar-refractivity contribution in [2.75, 3.05) is 7.11 Å². The van der Waals surface area contributed by atoms with Gasteiger partial charge in [-0.3, -0.25) is 0 Å². The Morgan fingerprint density at radius 3 is 2.40 bits per heavy atom. The number of ether oxygens (including phenoxy) is 1. The van der Waals surface area contributed by atoms with Crippen molar-refractivity contribution in [3.8, 4) is 5.75 Å². The lowest BCUT2D eigenvalue weighted by Crippen LogP contribution is -2.20. The number of hydrogen-bond acceptors (Lipinski definition) is 2. The van der Waals surface area contributed by atoms with E-state index in [1.54, 1.807) is 0 Å². The summed E-state index contributed by atoms with van der Waals surface area (Å²) in [5, 5.41) is 8.86. The first-order valence-electron chi connectivity index (χ1n) is 3.94. The molecule has 15 heavy (non-hydrogen) atoms. The van der Waals surface area contributed by atoms with Gasteiger partial charge in [0.05, 0.1) is 7.11 Å². The number of aliphatic hydroxyl groups excluding tert-OH is 1. The zero-order valence-corrected chi connectivity index (χ0v) is 7.68. The van der Waals surface area contributed by atoms with Crippen LogP contribution in [0.4, 0.5) is 17.6 Å². The summed E-state index contributed by atoms with van der Waals surface area (Å²) in [6.45, 7) is 0. The Hall–Kier alpha value is -1.30. The highest BCUT2D eigenvalue weighted by atomic mass is 19.4. The molecular formula is C9H8F4O2. The maximum absolute atomic E-state index is 12.8. The third-order valence-corrected chi connectivity index (χ3v) is 1.80. The van der Waals surface area contributed by atoms with E-state index < -0.39 is 23.7 Å². The average Bonchev–Trinajstić information content (AvgIpc) is 2.16. The third kappa shape index (κ3) is 2.59. The van der Waals surface area contributed by atoms with E-state index >= 15 is 0 Å². The highest BCUT2D eigenvalue weighted by Gasteiger charge is 2.39. The van der Waals surface area contributed by atoms with Crippen molar-refractivity contribution >= 4 is 0 Å². The van der Waals surface area contributed by atoms with Crippen molar-refractivity contribution in [2.45, 2.75) is 12.3 Å². The van der Waals surface area contributed by atoms with Crippen LogP contribution < -0.4 is 4.74 Å². The van der Waals surface area contributed by atoms with Gasteiger partial charge in [0.25, 0.3) is 0 Å². The van der Waals surface area contributed by atoms with Crippen LogP contribution in [-0.2, 0) is 0 Å². The molecule has 0 unspecified atom stereocenters. The molecule has 0 aliphatic rings. The average molecular weight is 224 g/mol. The van der Waals surface area contributed by atoms with Crippen LogP contribution in [0.25, 0.3) is 0 Å². The summed E-state index contributed by atoms with van der Waals surface area (Å²) in [5.41, 5.74) is -0.458. The van der Waals surface area contributed by atoms with Crippen LogP contribution >= 0.6 is 0 Å². The minimum Gasteiger partial charge on any atom is -0.494 e. The zero-order valence-electron chi connectivity index (χ0n) is 7.68. The van der Waals surface area contributed by atoms with Gasteiger partial charge in [0.15, 0.2) is 17.7 Å². The summed E-state index contributed by atoms with van der Waals surface area (Å²) in [6, 6.07) is 2.48. The van der Waals surface area contributed by atoms with Crippen LogP contribution in [0, 0.1) is 5.82 Å². The number of hydrogen-bond donors (Lipinski definition) is 1. The molecule has 6 heteroatoms. The van der Waals surface area contributed by atoms with Gasteiger partial charge < -0.3 is 9.84 Å². The molecule has 84 valence electrons. The lowest BCUT2D eigenvalue weighted by Gasteiger charge is -2.15. The molecule has 0 aliphatic carbocycles. The molecule has 0 heterocycles. The van der Waals surface area contributed by atoms with Crippen molar-refractivity contribution < 1.29 is 27.4 Å². The molecule has 0 saturated carbocycles. The van der Waals surface area contributed by atoms with Gasteiger partial charge in [0.2, 0.25) is 0 Å². The van der Waals surface area contributed by atoms with Gasteiger partial charge in [0.1, 0.15) is 0 Å². The molecule has 0 aromatic heterocycles. The van der Waals surface area contributed by atoms with E-state index in [0.717, 1.165) is 25.3 Å². The molecule has 0 aliphatic heterocycles. The predicted molar refractivity (Wildman–Crippen MR) is 44.0 cm³/mol. The van der Waals surface area contributed by atoms with Crippen molar-refractivity contribution in [3.05, 3.63) is 29.6 Å². The number of rotatable bonds is 2. The van der Waals surface area contributed by atoms with Gasteiger partial charge in [-0.05, 0) is 17.7 Å². The molecular weight excluding hydrogens is 216 g/mol. The Balaban J connectivity index is 3.06. The van der Waals surface area contributed by atoms with E-state index in [1.807, 2.05) is 0 Å². The van der Waals surface area contributed by atoms with Gasteiger partial charge in [-0.2, -0.15) is 13.2 Å². The fraction of sp³-hybridized carbons (Fsp3) is 0.333. The summed E-state index contributed by atoms with van der Waals surface area (Å²) in [7, 11) is 1.13. The zero-order chi connectivity index (χ0) is 11.6. The van der Waals surface area contributed by atoms with E-state index in [0.29, 0.717) is 0 Å². The number of methoxy groups -OCH3 is 1. The topological polar surface area (TPSA) is 29.5 Å².